The SMILES string of the molecule is CN1CCOc2ccc(S(=O)(=O)N3CCC4(CC3)C[C@@H](NC(=O)O)CO4)cc21. The number of rotatable bonds is 3. The minimum Gasteiger partial charge on any atom is -0.490 e. The van der Waals surface area contributed by atoms with E-state index in [9.17, 15) is 13.2 Å². The molecule has 1 atom stereocenters. The largest absolute Gasteiger partial charge is 0.490 e. The maximum Gasteiger partial charge on any atom is 0.404 e. The van der Waals surface area contributed by atoms with Gasteiger partial charge in [-0.05, 0) is 37.5 Å². The lowest BCUT2D eigenvalue weighted by atomic mass is 9.88. The number of nitrogens with one attached hydrogen (secondary N) is 1. The van der Waals surface area contributed by atoms with Crippen LogP contribution in [0.1, 0.15) is 19.3 Å². The van der Waals surface area contributed by atoms with Crippen molar-refractivity contribution >= 4 is 21.8 Å². The van der Waals surface area contributed by atoms with Crippen molar-refractivity contribution in [1.29, 1.82) is 0 Å². The van der Waals surface area contributed by atoms with Crippen LogP contribution < -0.4 is 15.0 Å². The fourth-order valence-corrected chi connectivity index (χ4v) is 5.70. The number of fused-ring (bicyclic) bond motifs is 1. The zero-order valence-corrected chi connectivity index (χ0v) is 16.6. The first-order valence-corrected chi connectivity index (χ1v) is 10.8. The molecule has 0 bridgehead atoms. The monoisotopic (exact) mass is 411 g/mol. The van der Waals surface area contributed by atoms with Gasteiger partial charge in [-0.2, -0.15) is 4.31 Å². The molecule has 0 aliphatic carbocycles. The molecule has 10 heteroatoms. The van der Waals surface area contributed by atoms with Gasteiger partial charge in [-0.15, -0.1) is 0 Å². The van der Waals surface area contributed by atoms with Gasteiger partial charge in [0.25, 0.3) is 0 Å². The van der Waals surface area contributed by atoms with Crippen molar-refractivity contribution in [3.8, 4) is 5.75 Å². The second kappa shape index (κ2) is 7.09. The molecule has 2 saturated heterocycles. The molecular weight excluding hydrogens is 386 g/mol. The van der Waals surface area contributed by atoms with Crippen LogP contribution in [0.2, 0.25) is 0 Å². The highest BCUT2D eigenvalue weighted by Gasteiger charge is 2.45. The van der Waals surface area contributed by atoms with E-state index in [0.717, 1.165) is 5.69 Å². The lowest BCUT2D eigenvalue weighted by molar-refractivity contribution is -0.0311. The zero-order valence-electron chi connectivity index (χ0n) is 15.8. The summed E-state index contributed by atoms with van der Waals surface area (Å²) in [6.45, 7) is 2.33. The van der Waals surface area contributed by atoms with Gasteiger partial charge in [-0.25, -0.2) is 13.2 Å². The Bertz CT molecular complexity index is 866. The first-order valence-electron chi connectivity index (χ1n) is 9.41. The Morgan fingerprint density at radius 2 is 2.04 bits per heavy atom. The molecule has 0 aromatic heterocycles. The van der Waals surface area contributed by atoms with Crippen LogP contribution in [0.3, 0.4) is 0 Å². The topological polar surface area (TPSA) is 108 Å². The molecule has 9 nitrogen and oxygen atoms in total. The molecule has 1 aromatic rings. The number of hydrogen-bond acceptors (Lipinski definition) is 6. The summed E-state index contributed by atoms with van der Waals surface area (Å²) in [4.78, 5) is 13.1. The van der Waals surface area contributed by atoms with Crippen molar-refractivity contribution in [2.75, 3.05) is 44.8 Å². The number of likely N-dealkylation sites (N-methyl/N-ethyl adjacent to an activating group) is 1. The highest BCUT2D eigenvalue weighted by Crippen LogP contribution is 2.38. The molecule has 3 aliphatic rings. The van der Waals surface area contributed by atoms with Crippen LogP contribution in [0.15, 0.2) is 23.1 Å². The first kappa shape index (κ1) is 19.3. The summed E-state index contributed by atoms with van der Waals surface area (Å²) in [5.74, 6) is 0.696. The molecule has 154 valence electrons. The molecule has 0 saturated carbocycles. The summed E-state index contributed by atoms with van der Waals surface area (Å²) >= 11 is 0. The minimum atomic E-state index is -3.61. The van der Waals surface area contributed by atoms with Crippen molar-refractivity contribution in [2.45, 2.75) is 35.8 Å². The number of ether oxygens (including phenoxy) is 2. The Balaban J connectivity index is 1.46. The molecule has 4 rings (SSSR count). The third kappa shape index (κ3) is 3.51. The third-order valence-electron chi connectivity index (χ3n) is 5.83. The average Bonchev–Trinajstić information content (AvgIpc) is 3.03. The van der Waals surface area contributed by atoms with Crippen LogP contribution >= 0.6 is 0 Å². The fraction of sp³-hybridized carbons (Fsp3) is 0.611. The van der Waals surface area contributed by atoms with Gasteiger partial charge >= 0.3 is 6.09 Å². The van der Waals surface area contributed by atoms with E-state index in [1.54, 1.807) is 18.2 Å². The number of piperidine rings is 1. The van der Waals surface area contributed by atoms with Gasteiger partial charge in [0, 0.05) is 20.1 Å². The number of anilines is 1. The summed E-state index contributed by atoms with van der Waals surface area (Å²) in [6.07, 6.45) is 0.622. The number of benzene rings is 1. The summed E-state index contributed by atoms with van der Waals surface area (Å²) in [7, 11) is -1.69. The van der Waals surface area contributed by atoms with E-state index in [-0.39, 0.29) is 10.9 Å². The number of amides is 1. The highest BCUT2D eigenvalue weighted by molar-refractivity contribution is 7.89. The van der Waals surface area contributed by atoms with Crippen LogP contribution in [-0.4, -0.2) is 75.5 Å². The first-order chi connectivity index (χ1) is 13.3. The molecule has 1 aromatic carbocycles. The van der Waals surface area contributed by atoms with Crippen molar-refractivity contribution < 1.29 is 27.8 Å². The molecule has 2 N–H and O–H groups in total. The third-order valence-corrected chi connectivity index (χ3v) is 7.73. The average molecular weight is 411 g/mol. The molecule has 3 aliphatic heterocycles. The molecule has 1 amide bonds. The van der Waals surface area contributed by atoms with Crippen LogP contribution in [0, 0.1) is 0 Å². The van der Waals surface area contributed by atoms with Crippen molar-refractivity contribution in [2.24, 2.45) is 0 Å². The lowest BCUT2D eigenvalue weighted by Gasteiger charge is -2.38. The maximum absolute atomic E-state index is 13.1. The second-order valence-electron chi connectivity index (χ2n) is 7.65. The van der Waals surface area contributed by atoms with Crippen molar-refractivity contribution in [3.63, 3.8) is 0 Å². The van der Waals surface area contributed by atoms with E-state index < -0.39 is 21.7 Å². The molecule has 0 radical (unpaired) electrons. The second-order valence-corrected chi connectivity index (χ2v) is 9.59. The summed E-state index contributed by atoms with van der Waals surface area (Å²) in [6, 6.07) is 4.74. The van der Waals surface area contributed by atoms with E-state index in [1.807, 2.05) is 11.9 Å². The molecule has 3 heterocycles. The van der Waals surface area contributed by atoms with Gasteiger partial charge in [0.2, 0.25) is 10.0 Å². The van der Waals surface area contributed by atoms with Gasteiger partial charge in [-0.3, -0.25) is 0 Å². The number of carbonyl (C=O) groups is 1. The number of sulfonamides is 1. The Hall–Kier alpha value is -2.04. The summed E-state index contributed by atoms with van der Waals surface area (Å²) < 4.78 is 39.2. The summed E-state index contributed by atoms with van der Waals surface area (Å²) in [5.41, 5.74) is 0.339. The van der Waals surface area contributed by atoms with Crippen LogP contribution in [-0.2, 0) is 14.8 Å². The molecule has 2 fully saturated rings. The van der Waals surface area contributed by atoms with Crippen molar-refractivity contribution in [3.05, 3.63) is 18.2 Å². The van der Waals surface area contributed by atoms with Gasteiger partial charge in [-0.1, -0.05) is 0 Å². The quantitative estimate of drug-likeness (QED) is 0.767. The maximum atomic E-state index is 13.1. The Morgan fingerprint density at radius 1 is 1.29 bits per heavy atom. The lowest BCUT2D eigenvalue weighted by Crippen LogP contribution is -2.47. The van der Waals surface area contributed by atoms with E-state index in [4.69, 9.17) is 14.6 Å². The smallest absolute Gasteiger partial charge is 0.404 e. The number of carboxylic acid groups (broad SMARTS) is 1. The molecule has 0 unspecified atom stereocenters. The van der Waals surface area contributed by atoms with Crippen LogP contribution in [0.25, 0.3) is 0 Å². The summed E-state index contributed by atoms with van der Waals surface area (Å²) in [5, 5.41) is 11.3. The van der Waals surface area contributed by atoms with Gasteiger partial charge in [0.15, 0.2) is 0 Å². The van der Waals surface area contributed by atoms with E-state index in [1.165, 1.54) is 4.31 Å². The zero-order chi connectivity index (χ0) is 19.9. The van der Waals surface area contributed by atoms with E-state index >= 15 is 0 Å². The normalized spacial score (nSPS) is 24.6. The van der Waals surface area contributed by atoms with Crippen LogP contribution in [0.4, 0.5) is 10.5 Å². The number of hydrogen-bond donors (Lipinski definition) is 2. The predicted molar refractivity (Wildman–Crippen MR) is 101 cm³/mol. The Morgan fingerprint density at radius 3 is 2.75 bits per heavy atom. The van der Waals surface area contributed by atoms with Crippen molar-refractivity contribution in [1.82, 2.24) is 9.62 Å². The molecule has 28 heavy (non-hydrogen) atoms. The van der Waals surface area contributed by atoms with Crippen LogP contribution in [0.5, 0.6) is 5.75 Å². The standard InChI is InChI=1S/C18H25N3O6S/c1-20-8-9-26-16-3-2-14(10-15(16)20)28(24,25)21-6-4-18(5-7-21)11-13(12-27-18)19-17(22)23/h2-3,10,13,19H,4-9,11-12H2,1H3,(H,22,23)/t13-/m1/s1. The Labute approximate surface area is 164 Å². The van der Waals surface area contributed by atoms with Gasteiger partial charge < -0.3 is 24.8 Å². The van der Waals surface area contributed by atoms with E-state index in [2.05, 4.69) is 5.32 Å². The van der Waals surface area contributed by atoms with Gasteiger partial charge in [0.05, 0.1) is 35.4 Å². The number of nitrogens with zero attached hydrogens (tertiary/aromatic N) is 2. The highest BCUT2D eigenvalue weighted by atomic mass is 32.2. The molecule has 1 spiro atoms. The Kier molecular flexibility index (Phi) is 4.88. The van der Waals surface area contributed by atoms with Gasteiger partial charge in [0.1, 0.15) is 12.4 Å². The molecular formula is C18H25N3O6S. The minimum absolute atomic E-state index is 0.239. The fourth-order valence-electron chi connectivity index (χ4n) is 4.23. The predicted octanol–water partition coefficient (Wildman–Crippen LogP) is 1.10. The van der Waals surface area contributed by atoms with E-state index in [0.29, 0.717) is 57.9 Å².